The number of benzene rings is 2. The molecule has 0 heterocycles. The number of amides is 1. The molecular weight excluding hydrogens is 340 g/mol. The highest BCUT2D eigenvalue weighted by Gasteiger charge is 2.21. The van der Waals surface area contributed by atoms with Crippen molar-refractivity contribution in [3.05, 3.63) is 65.2 Å². The number of hydroxylamine groups is 1. The molecule has 25 heavy (non-hydrogen) atoms. The second-order valence-electron chi connectivity index (χ2n) is 5.73. The van der Waals surface area contributed by atoms with Gasteiger partial charge in [-0.2, -0.15) is 0 Å². The Bertz CT molecular complexity index is 830. The van der Waals surface area contributed by atoms with Crippen LogP contribution in [0.2, 0.25) is 0 Å². The third-order valence-electron chi connectivity index (χ3n) is 3.93. The van der Waals surface area contributed by atoms with Crippen molar-refractivity contribution < 1.29 is 18.0 Å². The molecular formula is C18H22N2O4S. The molecule has 2 aromatic carbocycles. The summed E-state index contributed by atoms with van der Waals surface area (Å²) < 4.78 is 25.0. The van der Waals surface area contributed by atoms with E-state index in [0.717, 1.165) is 15.6 Å². The lowest BCUT2D eigenvalue weighted by molar-refractivity contribution is -0.0258. The van der Waals surface area contributed by atoms with Gasteiger partial charge in [0.1, 0.15) is 0 Å². The van der Waals surface area contributed by atoms with E-state index >= 15 is 0 Å². The van der Waals surface area contributed by atoms with Gasteiger partial charge < -0.3 is 5.32 Å². The summed E-state index contributed by atoms with van der Waals surface area (Å²) in [7, 11) is -1.15. The summed E-state index contributed by atoms with van der Waals surface area (Å²) in [6, 6.07) is 13.5. The fourth-order valence-electron chi connectivity index (χ4n) is 2.24. The second-order valence-corrected chi connectivity index (χ2v) is 7.66. The van der Waals surface area contributed by atoms with Gasteiger partial charge in [-0.05, 0) is 43.7 Å². The van der Waals surface area contributed by atoms with E-state index in [1.165, 1.54) is 38.4 Å². The van der Waals surface area contributed by atoms with Crippen molar-refractivity contribution in [2.75, 3.05) is 14.2 Å². The minimum absolute atomic E-state index is 0.0555. The van der Waals surface area contributed by atoms with E-state index in [0.29, 0.717) is 5.56 Å². The lowest BCUT2D eigenvalue weighted by Gasteiger charge is -2.16. The van der Waals surface area contributed by atoms with Gasteiger partial charge in [0.25, 0.3) is 15.9 Å². The van der Waals surface area contributed by atoms with E-state index in [-0.39, 0.29) is 16.8 Å². The maximum Gasteiger partial charge on any atom is 0.264 e. The maximum atomic E-state index is 12.4. The highest BCUT2D eigenvalue weighted by atomic mass is 32.2. The largest absolute Gasteiger partial charge is 0.346 e. The van der Waals surface area contributed by atoms with Gasteiger partial charge in [-0.3, -0.25) is 9.63 Å². The quantitative estimate of drug-likeness (QED) is 0.802. The van der Waals surface area contributed by atoms with Gasteiger partial charge in [-0.25, -0.2) is 8.42 Å². The van der Waals surface area contributed by atoms with Gasteiger partial charge in [0.2, 0.25) is 0 Å². The summed E-state index contributed by atoms with van der Waals surface area (Å²) in [6.45, 7) is 3.90. The number of nitrogens with zero attached hydrogens (tertiary/aromatic N) is 1. The van der Waals surface area contributed by atoms with Crippen LogP contribution in [0.3, 0.4) is 0 Å². The molecule has 1 N–H and O–H groups in total. The van der Waals surface area contributed by atoms with Crippen molar-refractivity contribution in [1.29, 1.82) is 0 Å². The zero-order chi connectivity index (χ0) is 18.6. The van der Waals surface area contributed by atoms with E-state index in [1.807, 2.05) is 38.1 Å². The second kappa shape index (κ2) is 7.77. The fraction of sp³-hybridized carbons (Fsp3) is 0.278. The molecule has 0 aliphatic carbocycles. The van der Waals surface area contributed by atoms with Crippen LogP contribution in [-0.2, 0) is 14.9 Å². The molecule has 7 heteroatoms. The minimum atomic E-state index is -3.72. The van der Waals surface area contributed by atoms with Crippen LogP contribution in [0.15, 0.2) is 53.4 Å². The highest BCUT2D eigenvalue weighted by molar-refractivity contribution is 7.89. The van der Waals surface area contributed by atoms with Crippen molar-refractivity contribution in [3.63, 3.8) is 0 Å². The van der Waals surface area contributed by atoms with Crippen LogP contribution in [0.5, 0.6) is 0 Å². The number of hydrogen-bond donors (Lipinski definition) is 1. The summed E-state index contributed by atoms with van der Waals surface area (Å²) in [5.74, 6) is -0.267. The molecule has 0 saturated heterocycles. The molecule has 0 aliphatic heterocycles. The van der Waals surface area contributed by atoms with Crippen molar-refractivity contribution in [2.45, 2.75) is 24.8 Å². The summed E-state index contributed by atoms with van der Waals surface area (Å²) in [5, 5.41) is 2.90. The Labute approximate surface area is 148 Å². The number of nitrogens with one attached hydrogen (secondary N) is 1. The first-order valence-corrected chi connectivity index (χ1v) is 9.20. The van der Waals surface area contributed by atoms with Crippen LogP contribution in [0.25, 0.3) is 0 Å². The predicted molar refractivity (Wildman–Crippen MR) is 95.5 cm³/mol. The number of rotatable bonds is 6. The van der Waals surface area contributed by atoms with Crippen LogP contribution in [0, 0.1) is 6.92 Å². The Morgan fingerprint density at radius 2 is 1.64 bits per heavy atom. The molecule has 0 fully saturated rings. The number of carbonyl (C=O) groups excluding carboxylic acids is 1. The number of carbonyl (C=O) groups is 1. The first-order valence-electron chi connectivity index (χ1n) is 7.76. The Hall–Kier alpha value is -2.22. The smallest absolute Gasteiger partial charge is 0.264 e. The van der Waals surface area contributed by atoms with Gasteiger partial charge in [0, 0.05) is 12.6 Å². The third kappa shape index (κ3) is 4.45. The van der Waals surface area contributed by atoms with Gasteiger partial charge in [0.05, 0.1) is 18.0 Å². The fourth-order valence-corrected chi connectivity index (χ4v) is 3.22. The van der Waals surface area contributed by atoms with Crippen LogP contribution in [0.1, 0.15) is 34.5 Å². The zero-order valence-corrected chi connectivity index (χ0v) is 15.5. The summed E-state index contributed by atoms with van der Waals surface area (Å²) in [6.07, 6.45) is 0. The maximum absolute atomic E-state index is 12.4. The molecule has 6 nitrogen and oxygen atoms in total. The average Bonchev–Trinajstić information content (AvgIpc) is 2.61. The minimum Gasteiger partial charge on any atom is -0.346 e. The Morgan fingerprint density at radius 1 is 1.08 bits per heavy atom. The molecule has 1 unspecified atom stereocenters. The molecule has 0 bridgehead atoms. The van der Waals surface area contributed by atoms with Crippen LogP contribution in [0.4, 0.5) is 0 Å². The Kier molecular flexibility index (Phi) is 5.94. The Balaban J connectivity index is 2.11. The van der Waals surface area contributed by atoms with Gasteiger partial charge >= 0.3 is 0 Å². The summed E-state index contributed by atoms with van der Waals surface area (Å²) in [4.78, 5) is 17.1. The van der Waals surface area contributed by atoms with E-state index in [9.17, 15) is 13.2 Å². The molecule has 0 aliphatic rings. The number of sulfonamides is 1. The predicted octanol–water partition coefficient (Wildman–Crippen LogP) is 2.67. The van der Waals surface area contributed by atoms with E-state index in [1.54, 1.807) is 0 Å². The van der Waals surface area contributed by atoms with E-state index in [4.69, 9.17) is 4.84 Å². The van der Waals surface area contributed by atoms with Crippen LogP contribution in [-0.4, -0.2) is 33.0 Å². The summed E-state index contributed by atoms with van der Waals surface area (Å²) in [5.41, 5.74) is 2.54. The van der Waals surface area contributed by atoms with Crippen LogP contribution < -0.4 is 5.32 Å². The van der Waals surface area contributed by atoms with Gasteiger partial charge in [-0.1, -0.05) is 34.3 Å². The molecule has 0 saturated carbocycles. The average molecular weight is 362 g/mol. The molecule has 1 atom stereocenters. The zero-order valence-electron chi connectivity index (χ0n) is 14.7. The van der Waals surface area contributed by atoms with Crippen molar-refractivity contribution >= 4 is 15.9 Å². The van der Waals surface area contributed by atoms with Crippen molar-refractivity contribution in [1.82, 2.24) is 9.79 Å². The normalized spacial score (nSPS) is 12.8. The molecule has 0 aromatic heterocycles. The van der Waals surface area contributed by atoms with E-state index in [2.05, 4.69) is 5.32 Å². The molecule has 2 aromatic rings. The topological polar surface area (TPSA) is 75.7 Å². The number of aryl methyl sites for hydroxylation is 1. The lowest BCUT2D eigenvalue weighted by Crippen LogP contribution is -2.27. The molecule has 2 rings (SSSR count). The monoisotopic (exact) mass is 362 g/mol. The molecule has 0 radical (unpaired) electrons. The van der Waals surface area contributed by atoms with Gasteiger partial charge in [0.15, 0.2) is 0 Å². The van der Waals surface area contributed by atoms with Crippen molar-refractivity contribution in [2.24, 2.45) is 0 Å². The lowest BCUT2D eigenvalue weighted by atomic mass is 10.1. The first-order chi connectivity index (χ1) is 11.8. The summed E-state index contributed by atoms with van der Waals surface area (Å²) >= 11 is 0. The molecule has 0 spiro atoms. The third-order valence-corrected chi connectivity index (χ3v) is 5.63. The standard InChI is InChI=1S/C18H22N2O4S/c1-13-5-7-15(8-6-13)14(2)19-18(21)16-9-11-17(12-10-16)25(22,23)20(3)24-4/h5-12,14H,1-4H3,(H,19,21). The van der Waals surface area contributed by atoms with Crippen molar-refractivity contribution in [3.8, 4) is 0 Å². The Morgan fingerprint density at radius 3 is 2.16 bits per heavy atom. The molecule has 1 amide bonds. The van der Waals surface area contributed by atoms with Gasteiger partial charge in [-0.15, -0.1) is 0 Å². The first kappa shape index (κ1) is 19.1. The molecule has 134 valence electrons. The highest BCUT2D eigenvalue weighted by Crippen LogP contribution is 2.17. The SMILES string of the molecule is CON(C)S(=O)(=O)c1ccc(C(=O)NC(C)c2ccc(C)cc2)cc1. The number of hydrogen-bond acceptors (Lipinski definition) is 4. The van der Waals surface area contributed by atoms with E-state index < -0.39 is 10.0 Å². The van der Waals surface area contributed by atoms with Crippen LogP contribution >= 0.6 is 0 Å².